The molecule has 6 nitrogen and oxygen atoms in total. The summed E-state index contributed by atoms with van der Waals surface area (Å²) in [5.41, 5.74) is -0.654. The van der Waals surface area contributed by atoms with E-state index in [0.29, 0.717) is 19.5 Å². The second-order valence-electron chi connectivity index (χ2n) is 5.54. The molecule has 1 saturated heterocycles. The molecule has 7 heteroatoms. The smallest absolute Gasteiger partial charge is 0.280 e. The molecule has 1 aliphatic rings. The summed E-state index contributed by atoms with van der Waals surface area (Å²) in [6.45, 7) is 7.89. The summed E-state index contributed by atoms with van der Waals surface area (Å²) < 4.78 is 34.0. The predicted molar refractivity (Wildman–Crippen MR) is 69.4 cm³/mol. The highest BCUT2D eigenvalue weighted by molar-refractivity contribution is 7.87. The predicted octanol–water partition coefficient (Wildman–Crippen LogP) is 0.0910. The maximum absolute atomic E-state index is 12.2. The molecule has 0 aliphatic carbocycles. The molecule has 0 spiro atoms. The topological polar surface area (TPSA) is 78.9 Å². The Labute approximate surface area is 109 Å². The molecule has 108 valence electrons. The zero-order valence-electron chi connectivity index (χ0n) is 11.5. The highest BCUT2D eigenvalue weighted by Crippen LogP contribution is 2.17. The van der Waals surface area contributed by atoms with Crippen LogP contribution in [0.1, 0.15) is 34.1 Å². The van der Waals surface area contributed by atoms with Crippen LogP contribution >= 0.6 is 0 Å². The normalized spacial score (nSPS) is 27.4. The minimum absolute atomic E-state index is 0.0502. The van der Waals surface area contributed by atoms with Crippen LogP contribution in [0.25, 0.3) is 0 Å². The fraction of sp³-hybridized carbons (Fsp3) is 1.00. The van der Waals surface area contributed by atoms with Crippen molar-refractivity contribution in [2.75, 3.05) is 19.7 Å². The number of aliphatic hydroxyl groups excluding tert-OH is 1. The number of nitrogens with zero attached hydrogens (tertiary/aromatic N) is 1. The Kier molecular flexibility index (Phi) is 5.13. The van der Waals surface area contributed by atoms with E-state index in [-0.39, 0.29) is 18.8 Å². The Morgan fingerprint density at radius 1 is 1.33 bits per heavy atom. The van der Waals surface area contributed by atoms with Gasteiger partial charge in [0, 0.05) is 25.2 Å². The maximum atomic E-state index is 12.2. The fourth-order valence-corrected chi connectivity index (χ4v) is 3.81. The van der Waals surface area contributed by atoms with Crippen LogP contribution < -0.4 is 4.72 Å². The van der Waals surface area contributed by atoms with E-state index in [2.05, 4.69) is 4.72 Å². The first-order chi connectivity index (χ1) is 8.16. The van der Waals surface area contributed by atoms with Gasteiger partial charge < -0.3 is 9.84 Å². The van der Waals surface area contributed by atoms with Crippen molar-refractivity contribution in [2.24, 2.45) is 0 Å². The Balaban J connectivity index is 2.74. The van der Waals surface area contributed by atoms with Gasteiger partial charge in [0.1, 0.15) is 0 Å². The highest BCUT2D eigenvalue weighted by Gasteiger charge is 2.34. The maximum Gasteiger partial charge on any atom is 0.280 e. The summed E-state index contributed by atoms with van der Waals surface area (Å²) in [7, 11) is -3.54. The molecule has 1 rings (SSSR count). The SMILES string of the molecule is CC1CN(S(=O)(=O)NC(C)(C)CCO)CC(C)O1. The van der Waals surface area contributed by atoms with E-state index in [1.54, 1.807) is 13.8 Å². The average molecular weight is 280 g/mol. The fourth-order valence-electron chi connectivity index (χ4n) is 2.07. The van der Waals surface area contributed by atoms with Crippen LogP contribution in [0.3, 0.4) is 0 Å². The second kappa shape index (κ2) is 5.83. The lowest BCUT2D eigenvalue weighted by atomic mass is 10.0. The summed E-state index contributed by atoms with van der Waals surface area (Å²) in [5.74, 6) is 0. The van der Waals surface area contributed by atoms with Crippen molar-refractivity contribution in [1.82, 2.24) is 9.03 Å². The first kappa shape index (κ1) is 15.8. The van der Waals surface area contributed by atoms with Gasteiger partial charge in [-0.2, -0.15) is 17.4 Å². The number of hydrogen-bond donors (Lipinski definition) is 2. The summed E-state index contributed by atoms with van der Waals surface area (Å²) >= 11 is 0. The Bertz CT molecular complexity index is 359. The molecule has 0 radical (unpaired) electrons. The zero-order chi connectivity index (χ0) is 14.0. The monoisotopic (exact) mass is 280 g/mol. The lowest BCUT2D eigenvalue weighted by Gasteiger charge is -2.36. The molecule has 2 unspecified atom stereocenters. The van der Waals surface area contributed by atoms with Gasteiger partial charge in [0.05, 0.1) is 12.2 Å². The molecule has 1 fully saturated rings. The van der Waals surface area contributed by atoms with Crippen molar-refractivity contribution in [2.45, 2.75) is 51.9 Å². The van der Waals surface area contributed by atoms with E-state index in [4.69, 9.17) is 9.84 Å². The number of nitrogens with one attached hydrogen (secondary N) is 1. The molecule has 0 aromatic rings. The lowest BCUT2D eigenvalue weighted by Crippen LogP contribution is -2.56. The van der Waals surface area contributed by atoms with Crippen LogP contribution in [0.15, 0.2) is 0 Å². The van der Waals surface area contributed by atoms with Crippen molar-refractivity contribution in [3.8, 4) is 0 Å². The molecule has 0 bridgehead atoms. The van der Waals surface area contributed by atoms with Crippen LogP contribution in [0, 0.1) is 0 Å². The molecular formula is C11H24N2O4S. The van der Waals surface area contributed by atoms with Gasteiger partial charge in [0.25, 0.3) is 10.2 Å². The van der Waals surface area contributed by atoms with Crippen LogP contribution in [-0.4, -0.2) is 55.3 Å². The van der Waals surface area contributed by atoms with E-state index in [1.165, 1.54) is 4.31 Å². The summed E-state index contributed by atoms with van der Waals surface area (Å²) in [5, 5.41) is 8.92. The van der Waals surface area contributed by atoms with Crippen LogP contribution in [0.5, 0.6) is 0 Å². The summed E-state index contributed by atoms with van der Waals surface area (Å²) in [6, 6.07) is 0. The number of rotatable bonds is 5. The van der Waals surface area contributed by atoms with Crippen molar-refractivity contribution >= 4 is 10.2 Å². The van der Waals surface area contributed by atoms with E-state index in [1.807, 2.05) is 13.8 Å². The standard InChI is InChI=1S/C11H24N2O4S/c1-9-7-13(8-10(2)17-9)18(15,16)12-11(3,4)5-6-14/h9-10,12,14H,5-8H2,1-4H3. The van der Waals surface area contributed by atoms with E-state index in [0.717, 1.165) is 0 Å². The third-order valence-electron chi connectivity index (χ3n) is 2.87. The van der Waals surface area contributed by atoms with Gasteiger partial charge in [0.2, 0.25) is 0 Å². The third-order valence-corrected chi connectivity index (χ3v) is 4.66. The number of hydrogen-bond acceptors (Lipinski definition) is 4. The van der Waals surface area contributed by atoms with E-state index < -0.39 is 15.7 Å². The number of morpholine rings is 1. The molecule has 0 aromatic carbocycles. The summed E-state index contributed by atoms with van der Waals surface area (Å²) in [6.07, 6.45) is 0.166. The third kappa shape index (κ3) is 4.47. The van der Waals surface area contributed by atoms with Crippen molar-refractivity contribution in [3.63, 3.8) is 0 Å². The van der Waals surface area contributed by atoms with Crippen LogP contribution in [0.2, 0.25) is 0 Å². The Morgan fingerprint density at radius 3 is 2.28 bits per heavy atom. The van der Waals surface area contributed by atoms with Gasteiger partial charge >= 0.3 is 0 Å². The van der Waals surface area contributed by atoms with Crippen LogP contribution in [-0.2, 0) is 14.9 Å². The first-order valence-electron chi connectivity index (χ1n) is 6.21. The van der Waals surface area contributed by atoms with Gasteiger partial charge in [-0.05, 0) is 34.1 Å². The van der Waals surface area contributed by atoms with Crippen LogP contribution in [0.4, 0.5) is 0 Å². The quantitative estimate of drug-likeness (QED) is 0.748. The molecule has 2 N–H and O–H groups in total. The molecular weight excluding hydrogens is 256 g/mol. The van der Waals surface area contributed by atoms with Crippen molar-refractivity contribution in [1.29, 1.82) is 0 Å². The average Bonchev–Trinajstić information content (AvgIpc) is 2.13. The van der Waals surface area contributed by atoms with E-state index >= 15 is 0 Å². The van der Waals surface area contributed by atoms with Gasteiger partial charge in [-0.15, -0.1) is 0 Å². The molecule has 0 saturated carbocycles. The molecule has 18 heavy (non-hydrogen) atoms. The molecule has 0 amide bonds. The number of aliphatic hydroxyl groups is 1. The summed E-state index contributed by atoms with van der Waals surface area (Å²) in [4.78, 5) is 0. The first-order valence-corrected chi connectivity index (χ1v) is 7.65. The molecule has 2 atom stereocenters. The van der Waals surface area contributed by atoms with Crippen molar-refractivity contribution in [3.05, 3.63) is 0 Å². The zero-order valence-corrected chi connectivity index (χ0v) is 12.3. The highest BCUT2D eigenvalue weighted by atomic mass is 32.2. The van der Waals surface area contributed by atoms with Gasteiger partial charge in [-0.3, -0.25) is 0 Å². The Hall–Kier alpha value is -0.210. The molecule has 1 heterocycles. The van der Waals surface area contributed by atoms with Crippen molar-refractivity contribution < 1.29 is 18.3 Å². The Morgan fingerprint density at radius 2 is 1.83 bits per heavy atom. The van der Waals surface area contributed by atoms with Gasteiger partial charge in [-0.1, -0.05) is 0 Å². The minimum Gasteiger partial charge on any atom is -0.396 e. The number of ether oxygens (including phenoxy) is 1. The van der Waals surface area contributed by atoms with Gasteiger partial charge in [0.15, 0.2) is 0 Å². The van der Waals surface area contributed by atoms with E-state index in [9.17, 15) is 8.42 Å². The molecule has 0 aromatic heterocycles. The van der Waals surface area contributed by atoms with Gasteiger partial charge in [-0.25, -0.2) is 0 Å². The largest absolute Gasteiger partial charge is 0.396 e. The minimum atomic E-state index is -3.54. The molecule has 1 aliphatic heterocycles. The lowest BCUT2D eigenvalue weighted by molar-refractivity contribution is -0.0446. The second-order valence-corrected chi connectivity index (χ2v) is 7.21.